The van der Waals surface area contributed by atoms with Crippen LogP contribution in [-0.2, 0) is 20.0 Å². The van der Waals surface area contributed by atoms with Crippen molar-refractivity contribution in [3.63, 3.8) is 0 Å². The molecule has 0 radical (unpaired) electrons. The van der Waals surface area contributed by atoms with Gasteiger partial charge in [-0.05, 0) is 31.7 Å². The van der Waals surface area contributed by atoms with Crippen LogP contribution in [0.25, 0.3) is 0 Å². The summed E-state index contributed by atoms with van der Waals surface area (Å²) in [4.78, 5) is 27.1. The van der Waals surface area contributed by atoms with E-state index in [-0.39, 0.29) is 6.03 Å². The van der Waals surface area contributed by atoms with Crippen LogP contribution in [0.1, 0.15) is 30.2 Å². The van der Waals surface area contributed by atoms with Crippen molar-refractivity contribution in [2.75, 3.05) is 13.1 Å². The monoisotopic (exact) mass is 328 g/mol. The Morgan fingerprint density at radius 1 is 1.38 bits per heavy atom. The van der Waals surface area contributed by atoms with E-state index in [1.165, 1.54) is 0 Å². The predicted octanol–water partition coefficient (Wildman–Crippen LogP) is 1.68. The summed E-state index contributed by atoms with van der Waals surface area (Å²) in [6.45, 7) is 3.87. The summed E-state index contributed by atoms with van der Waals surface area (Å²) >= 11 is 0. The molecule has 1 aliphatic rings. The van der Waals surface area contributed by atoms with Crippen LogP contribution < -0.4 is 5.32 Å². The fourth-order valence-corrected chi connectivity index (χ4v) is 3.15. The maximum Gasteiger partial charge on any atom is 0.317 e. The molecule has 1 unspecified atom stereocenters. The lowest BCUT2D eigenvalue weighted by molar-refractivity contribution is 0.164. The van der Waals surface area contributed by atoms with Crippen LogP contribution in [0.4, 0.5) is 4.79 Å². The van der Waals surface area contributed by atoms with E-state index >= 15 is 0 Å². The first-order valence-electron chi connectivity index (χ1n) is 8.39. The lowest BCUT2D eigenvalue weighted by Gasteiger charge is -2.32. The van der Waals surface area contributed by atoms with E-state index in [2.05, 4.69) is 24.8 Å². The van der Waals surface area contributed by atoms with Crippen LogP contribution in [0.2, 0.25) is 0 Å². The molecular formula is C17H24N6O. The summed E-state index contributed by atoms with van der Waals surface area (Å²) < 4.78 is 2.05. The van der Waals surface area contributed by atoms with Crippen molar-refractivity contribution in [1.82, 2.24) is 29.7 Å². The molecule has 7 heteroatoms. The molecule has 1 aliphatic heterocycles. The molecule has 2 amide bonds. The minimum absolute atomic E-state index is 0.0178. The van der Waals surface area contributed by atoms with Crippen LogP contribution in [0, 0.1) is 12.8 Å². The number of carbonyl (C=O) groups is 1. The standard InChI is InChI=1S/C17H24N6O/c1-13-18-6-5-15(21-13)11-20-17(24)23-8-3-4-14(12-23)10-16-19-7-9-22(16)2/h5-7,9,14H,3-4,8,10-12H2,1-2H3,(H,20,24). The van der Waals surface area contributed by atoms with E-state index in [9.17, 15) is 4.79 Å². The van der Waals surface area contributed by atoms with Crippen molar-refractivity contribution < 1.29 is 4.79 Å². The quantitative estimate of drug-likeness (QED) is 0.926. The molecule has 1 atom stereocenters. The van der Waals surface area contributed by atoms with E-state index in [1.807, 2.05) is 37.3 Å². The van der Waals surface area contributed by atoms with Gasteiger partial charge in [-0.1, -0.05) is 0 Å². The van der Waals surface area contributed by atoms with Gasteiger partial charge in [-0.25, -0.2) is 19.7 Å². The summed E-state index contributed by atoms with van der Waals surface area (Å²) in [6, 6.07) is 1.81. The number of hydrogen-bond donors (Lipinski definition) is 1. The van der Waals surface area contributed by atoms with E-state index in [0.717, 1.165) is 49.7 Å². The fraction of sp³-hybridized carbons (Fsp3) is 0.529. The van der Waals surface area contributed by atoms with Gasteiger partial charge in [0.2, 0.25) is 0 Å². The van der Waals surface area contributed by atoms with Crippen LogP contribution >= 0.6 is 0 Å². The first-order chi connectivity index (χ1) is 11.6. The van der Waals surface area contributed by atoms with Crippen LogP contribution in [0.15, 0.2) is 24.7 Å². The maximum absolute atomic E-state index is 12.4. The van der Waals surface area contributed by atoms with Gasteiger partial charge in [0.15, 0.2) is 0 Å². The summed E-state index contributed by atoms with van der Waals surface area (Å²) in [5, 5.41) is 2.96. The van der Waals surface area contributed by atoms with Crippen LogP contribution in [0.5, 0.6) is 0 Å². The van der Waals surface area contributed by atoms with Gasteiger partial charge in [-0.2, -0.15) is 0 Å². The maximum atomic E-state index is 12.4. The SMILES string of the molecule is Cc1nccc(CNC(=O)N2CCCC(Cc3nccn3C)C2)n1. The molecule has 3 rings (SSSR count). The van der Waals surface area contributed by atoms with Gasteiger partial charge in [0.25, 0.3) is 0 Å². The Hall–Kier alpha value is -2.44. The summed E-state index contributed by atoms with van der Waals surface area (Å²) in [5.41, 5.74) is 0.831. The van der Waals surface area contributed by atoms with Gasteiger partial charge < -0.3 is 14.8 Å². The lowest BCUT2D eigenvalue weighted by Crippen LogP contribution is -2.45. The Labute approximate surface area is 142 Å². The number of piperidine rings is 1. The average molecular weight is 328 g/mol. The van der Waals surface area contributed by atoms with Crippen LogP contribution in [-0.4, -0.2) is 43.5 Å². The average Bonchev–Trinajstić information content (AvgIpc) is 2.98. The number of carbonyl (C=O) groups excluding carboxylic acids is 1. The highest BCUT2D eigenvalue weighted by Gasteiger charge is 2.24. The second-order valence-corrected chi connectivity index (χ2v) is 6.37. The number of nitrogens with one attached hydrogen (secondary N) is 1. The van der Waals surface area contributed by atoms with Gasteiger partial charge in [-0.3, -0.25) is 0 Å². The lowest BCUT2D eigenvalue weighted by atomic mass is 9.94. The van der Waals surface area contributed by atoms with Crippen molar-refractivity contribution >= 4 is 6.03 Å². The third-order valence-corrected chi connectivity index (χ3v) is 4.45. The zero-order valence-corrected chi connectivity index (χ0v) is 14.3. The Bertz CT molecular complexity index is 698. The van der Waals surface area contributed by atoms with Gasteiger partial charge in [-0.15, -0.1) is 0 Å². The third-order valence-electron chi connectivity index (χ3n) is 4.45. The molecule has 0 bridgehead atoms. The number of imidazole rings is 1. The molecule has 0 saturated carbocycles. The van der Waals surface area contributed by atoms with Crippen molar-refractivity contribution in [1.29, 1.82) is 0 Å². The minimum Gasteiger partial charge on any atom is -0.338 e. The Morgan fingerprint density at radius 2 is 2.25 bits per heavy atom. The second-order valence-electron chi connectivity index (χ2n) is 6.37. The Morgan fingerprint density at radius 3 is 3.00 bits per heavy atom. The highest BCUT2D eigenvalue weighted by Crippen LogP contribution is 2.20. The minimum atomic E-state index is -0.0178. The number of amides is 2. The first kappa shape index (κ1) is 16.4. The molecule has 0 aromatic carbocycles. The van der Waals surface area contributed by atoms with Gasteiger partial charge in [0.05, 0.1) is 12.2 Å². The number of aromatic nitrogens is 4. The van der Waals surface area contributed by atoms with Crippen LogP contribution in [0.3, 0.4) is 0 Å². The molecule has 0 aliphatic carbocycles. The summed E-state index contributed by atoms with van der Waals surface area (Å²) in [5.74, 6) is 2.26. The topological polar surface area (TPSA) is 75.9 Å². The number of aryl methyl sites for hydroxylation is 2. The van der Waals surface area contributed by atoms with Crippen molar-refractivity contribution in [3.8, 4) is 0 Å². The zero-order valence-electron chi connectivity index (χ0n) is 14.3. The molecule has 24 heavy (non-hydrogen) atoms. The van der Waals surface area contributed by atoms with Gasteiger partial charge in [0.1, 0.15) is 11.6 Å². The largest absolute Gasteiger partial charge is 0.338 e. The van der Waals surface area contributed by atoms with E-state index < -0.39 is 0 Å². The van der Waals surface area contributed by atoms with Crippen molar-refractivity contribution in [2.45, 2.75) is 32.7 Å². The predicted molar refractivity (Wildman–Crippen MR) is 90.2 cm³/mol. The number of hydrogen-bond acceptors (Lipinski definition) is 4. The van der Waals surface area contributed by atoms with Crippen molar-refractivity contribution in [3.05, 3.63) is 42.0 Å². The first-order valence-corrected chi connectivity index (χ1v) is 8.39. The van der Waals surface area contributed by atoms with E-state index in [4.69, 9.17) is 0 Å². The second kappa shape index (κ2) is 7.42. The van der Waals surface area contributed by atoms with Gasteiger partial charge >= 0.3 is 6.03 Å². The third kappa shape index (κ3) is 4.10. The number of nitrogens with zero attached hydrogens (tertiary/aromatic N) is 5. The molecule has 3 heterocycles. The molecule has 1 saturated heterocycles. The molecule has 1 N–H and O–H groups in total. The molecule has 1 fully saturated rings. The molecule has 0 spiro atoms. The Kier molecular flexibility index (Phi) is 5.08. The number of likely N-dealkylation sites (tertiary alicyclic amines) is 1. The zero-order chi connectivity index (χ0) is 16.9. The molecule has 128 valence electrons. The smallest absolute Gasteiger partial charge is 0.317 e. The molecular weight excluding hydrogens is 304 g/mol. The number of rotatable bonds is 4. The highest BCUT2D eigenvalue weighted by atomic mass is 16.2. The van der Waals surface area contributed by atoms with Gasteiger partial charge in [0, 0.05) is 45.1 Å². The van der Waals surface area contributed by atoms with Crippen molar-refractivity contribution in [2.24, 2.45) is 13.0 Å². The number of urea groups is 1. The highest BCUT2D eigenvalue weighted by molar-refractivity contribution is 5.74. The summed E-state index contributed by atoms with van der Waals surface area (Å²) in [7, 11) is 2.01. The van der Waals surface area contributed by atoms with E-state index in [1.54, 1.807) is 6.20 Å². The normalized spacial score (nSPS) is 17.8. The summed E-state index contributed by atoms with van der Waals surface area (Å²) in [6.07, 6.45) is 8.60. The fourth-order valence-electron chi connectivity index (χ4n) is 3.15. The molecule has 2 aromatic heterocycles. The van der Waals surface area contributed by atoms with E-state index in [0.29, 0.717) is 12.5 Å². The molecule has 7 nitrogen and oxygen atoms in total. The Balaban J connectivity index is 1.52. The molecule has 2 aromatic rings.